The molecular weight excluding hydrogens is 292 g/mol. The van der Waals surface area contributed by atoms with Gasteiger partial charge >= 0.3 is 0 Å². The molecule has 116 valence electrons. The number of hydrogen-bond donors (Lipinski definition) is 1. The fraction of sp³-hybridized carbons (Fsp3) is 0.389. The zero-order chi connectivity index (χ0) is 15.4. The summed E-state index contributed by atoms with van der Waals surface area (Å²) in [6.07, 6.45) is 7.97. The lowest BCUT2D eigenvalue weighted by molar-refractivity contribution is 0.242. The van der Waals surface area contributed by atoms with Gasteiger partial charge in [0, 0.05) is 6.54 Å². The van der Waals surface area contributed by atoms with Gasteiger partial charge in [-0.05, 0) is 56.9 Å². The van der Waals surface area contributed by atoms with E-state index in [0.717, 1.165) is 29.3 Å². The second kappa shape index (κ2) is 6.97. The Kier molecular flexibility index (Phi) is 4.78. The molecule has 22 heavy (non-hydrogen) atoms. The van der Waals surface area contributed by atoms with Gasteiger partial charge in [-0.25, -0.2) is 4.98 Å². The number of hydrogen-bond acceptors (Lipinski definition) is 4. The van der Waals surface area contributed by atoms with Crippen LogP contribution in [0, 0.1) is 0 Å². The van der Waals surface area contributed by atoms with Crippen molar-refractivity contribution in [2.24, 2.45) is 0 Å². The Hall–Kier alpha value is -1.81. The lowest BCUT2D eigenvalue weighted by atomic mass is 10.2. The van der Waals surface area contributed by atoms with Crippen LogP contribution in [0.25, 0.3) is 12.2 Å². The van der Waals surface area contributed by atoms with Crippen molar-refractivity contribution >= 4 is 28.5 Å². The summed E-state index contributed by atoms with van der Waals surface area (Å²) in [7, 11) is 0. The van der Waals surface area contributed by atoms with Crippen LogP contribution < -0.4 is 10.1 Å². The van der Waals surface area contributed by atoms with Crippen molar-refractivity contribution in [2.45, 2.75) is 39.2 Å². The molecular formula is C18H22N2OS. The van der Waals surface area contributed by atoms with Crippen LogP contribution in [0.4, 0.5) is 5.00 Å². The maximum Gasteiger partial charge on any atom is 0.119 e. The number of ether oxygens (including phenoxy) is 1. The Morgan fingerprint density at radius 1 is 1.18 bits per heavy atom. The second-order valence-electron chi connectivity index (χ2n) is 5.78. The minimum absolute atomic E-state index is 0.208. The monoisotopic (exact) mass is 314 g/mol. The molecule has 0 atom stereocenters. The van der Waals surface area contributed by atoms with Crippen molar-refractivity contribution in [2.75, 3.05) is 11.9 Å². The van der Waals surface area contributed by atoms with Crippen molar-refractivity contribution < 1.29 is 4.74 Å². The summed E-state index contributed by atoms with van der Waals surface area (Å²) in [5.41, 5.74) is 2.39. The number of nitrogens with one attached hydrogen (secondary N) is 1. The van der Waals surface area contributed by atoms with Crippen LogP contribution in [0.3, 0.4) is 0 Å². The molecule has 3 nitrogen and oxygen atoms in total. The smallest absolute Gasteiger partial charge is 0.119 e. The number of aromatic nitrogens is 1. The third kappa shape index (κ3) is 3.89. The predicted octanol–water partition coefficient (Wildman–Crippen LogP) is 4.85. The van der Waals surface area contributed by atoms with Crippen molar-refractivity contribution in [1.29, 1.82) is 0 Å². The molecule has 1 aliphatic rings. The van der Waals surface area contributed by atoms with Crippen LogP contribution in [0.1, 0.15) is 43.0 Å². The van der Waals surface area contributed by atoms with E-state index in [4.69, 9.17) is 9.72 Å². The topological polar surface area (TPSA) is 34.1 Å². The minimum atomic E-state index is 0.208. The highest BCUT2D eigenvalue weighted by Crippen LogP contribution is 2.29. The van der Waals surface area contributed by atoms with Crippen molar-refractivity contribution in [3.63, 3.8) is 0 Å². The van der Waals surface area contributed by atoms with E-state index >= 15 is 0 Å². The average molecular weight is 314 g/mol. The van der Waals surface area contributed by atoms with Crippen LogP contribution in [0.5, 0.6) is 5.75 Å². The van der Waals surface area contributed by atoms with Gasteiger partial charge in [0.05, 0.1) is 11.8 Å². The van der Waals surface area contributed by atoms with E-state index < -0.39 is 0 Å². The lowest BCUT2D eigenvalue weighted by Crippen LogP contribution is -2.05. The summed E-state index contributed by atoms with van der Waals surface area (Å²) in [5.74, 6) is 0.914. The Balaban J connectivity index is 1.68. The number of aryl methyl sites for hydroxylation is 1. The number of anilines is 1. The van der Waals surface area contributed by atoms with Gasteiger partial charge in [0.1, 0.15) is 15.8 Å². The van der Waals surface area contributed by atoms with E-state index in [2.05, 4.69) is 29.6 Å². The minimum Gasteiger partial charge on any atom is -0.491 e. The SMILES string of the molecule is CC(C)Oc1ccc(/C=C/c2nc3c(s2)NCCCC3)cc1. The molecule has 1 aliphatic heterocycles. The maximum absolute atomic E-state index is 5.66. The molecule has 0 spiro atoms. The number of rotatable bonds is 4. The molecule has 0 bridgehead atoms. The van der Waals surface area contributed by atoms with Gasteiger partial charge in [-0.15, -0.1) is 0 Å². The molecule has 3 rings (SSSR count). The van der Waals surface area contributed by atoms with Crippen LogP contribution in [0.2, 0.25) is 0 Å². The van der Waals surface area contributed by atoms with Crippen LogP contribution in [0.15, 0.2) is 24.3 Å². The zero-order valence-electron chi connectivity index (χ0n) is 13.1. The molecule has 2 aromatic rings. The largest absolute Gasteiger partial charge is 0.491 e. The molecule has 4 heteroatoms. The molecule has 1 N–H and O–H groups in total. The third-order valence-electron chi connectivity index (χ3n) is 3.51. The van der Waals surface area contributed by atoms with E-state index in [1.807, 2.05) is 26.0 Å². The highest BCUT2D eigenvalue weighted by molar-refractivity contribution is 7.16. The first-order chi connectivity index (χ1) is 10.7. The Labute approximate surface area is 136 Å². The van der Waals surface area contributed by atoms with Crippen LogP contribution in [-0.4, -0.2) is 17.6 Å². The molecule has 0 unspecified atom stereocenters. The van der Waals surface area contributed by atoms with Gasteiger partial charge in [0.15, 0.2) is 0 Å². The van der Waals surface area contributed by atoms with Gasteiger partial charge in [0.25, 0.3) is 0 Å². The third-order valence-corrected chi connectivity index (χ3v) is 4.53. The van der Waals surface area contributed by atoms with Crippen molar-refractivity contribution in [3.8, 4) is 5.75 Å². The fourth-order valence-electron chi connectivity index (χ4n) is 2.47. The van der Waals surface area contributed by atoms with E-state index in [1.165, 1.54) is 23.5 Å². The summed E-state index contributed by atoms with van der Waals surface area (Å²) in [5, 5.41) is 5.79. The van der Waals surface area contributed by atoms with Gasteiger partial charge < -0.3 is 10.1 Å². The van der Waals surface area contributed by atoms with Crippen molar-refractivity contribution in [3.05, 3.63) is 40.5 Å². The number of nitrogens with zero attached hydrogens (tertiary/aromatic N) is 1. The van der Waals surface area contributed by atoms with Gasteiger partial charge in [0.2, 0.25) is 0 Å². The summed E-state index contributed by atoms with van der Waals surface area (Å²) in [6, 6.07) is 8.17. The summed E-state index contributed by atoms with van der Waals surface area (Å²) >= 11 is 1.75. The second-order valence-corrected chi connectivity index (χ2v) is 6.81. The van der Waals surface area contributed by atoms with Gasteiger partial charge in [-0.2, -0.15) is 0 Å². The molecule has 1 aromatic heterocycles. The first kappa shape index (κ1) is 15.1. The highest BCUT2D eigenvalue weighted by atomic mass is 32.1. The van der Waals surface area contributed by atoms with Crippen molar-refractivity contribution in [1.82, 2.24) is 4.98 Å². The molecule has 0 saturated carbocycles. The van der Waals surface area contributed by atoms with E-state index in [1.54, 1.807) is 11.3 Å². The molecule has 0 aliphatic carbocycles. The fourth-order valence-corrected chi connectivity index (χ4v) is 3.41. The maximum atomic E-state index is 5.66. The molecule has 1 aromatic carbocycles. The Bertz CT molecular complexity index is 620. The normalized spacial score (nSPS) is 14.7. The quantitative estimate of drug-likeness (QED) is 0.876. The van der Waals surface area contributed by atoms with E-state index in [9.17, 15) is 0 Å². The van der Waals surface area contributed by atoms with E-state index in [0.29, 0.717) is 0 Å². The average Bonchev–Trinajstić information content (AvgIpc) is 2.76. The summed E-state index contributed by atoms with van der Waals surface area (Å²) in [4.78, 5) is 4.73. The summed E-state index contributed by atoms with van der Waals surface area (Å²) < 4.78 is 5.66. The Morgan fingerprint density at radius 2 is 2.00 bits per heavy atom. The van der Waals surface area contributed by atoms with Crippen LogP contribution >= 0.6 is 11.3 Å². The molecule has 0 fully saturated rings. The van der Waals surface area contributed by atoms with E-state index in [-0.39, 0.29) is 6.10 Å². The molecule has 0 amide bonds. The van der Waals surface area contributed by atoms with Gasteiger partial charge in [-0.3, -0.25) is 0 Å². The Morgan fingerprint density at radius 3 is 2.77 bits per heavy atom. The predicted molar refractivity (Wildman–Crippen MR) is 94.7 cm³/mol. The molecule has 2 heterocycles. The number of fused-ring (bicyclic) bond motifs is 1. The highest BCUT2D eigenvalue weighted by Gasteiger charge is 2.12. The number of thiazole rings is 1. The number of benzene rings is 1. The standard InChI is InChI=1S/C18H22N2OS/c1-13(2)21-15-9-6-14(7-10-15)8-11-17-20-16-5-3-4-12-19-18(16)22-17/h6-11,13,19H,3-5,12H2,1-2H3/b11-8+. The lowest BCUT2D eigenvalue weighted by Gasteiger charge is -2.09. The first-order valence-electron chi connectivity index (χ1n) is 7.89. The molecule has 0 radical (unpaired) electrons. The zero-order valence-corrected chi connectivity index (χ0v) is 14.0. The van der Waals surface area contributed by atoms with Gasteiger partial charge in [-0.1, -0.05) is 29.5 Å². The summed E-state index contributed by atoms with van der Waals surface area (Å²) in [6.45, 7) is 5.14. The van der Waals surface area contributed by atoms with Crippen LogP contribution in [-0.2, 0) is 6.42 Å². The first-order valence-corrected chi connectivity index (χ1v) is 8.71. The molecule has 0 saturated heterocycles.